The van der Waals surface area contributed by atoms with E-state index in [0.717, 1.165) is 5.57 Å². The summed E-state index contributed by atoms with van der Waals surface area (Å²) in [5.41, 5.74) is 0.848. The highest BCUT2D eigenvalue weighted by molar-refractivity contribution is 5.26. The van der Waals surface area contributed by atoms with Crippen molar-refractivity contribution in [1.29, 1.82) is 0 Å². The van der Waals surface area contributed by atoms with E-state index in [-0.39, 0.29) is 5.76 Å². The summed E-state index contributed by atoms with van der Waals surface area (Å²) in [7, 11) is 1.39. The number of hydrogen-bond acceptors (Lipinski definition) is 1. The van der Waals surface area contributed by atoms with Crippen LogP contribution in [0.5, 0.6) is 0 Å². The Labute approximate surface area is 66.9 Å². The predicted octanol–water partition coefficient (Wildman–Crippen LogP) is 2.97. The minimum Gasteiger partial charge on any atom is -0.494 e. The fourth-order valence-electron chi connectivity index (χ4n) is 0.461. The molecule has 0 aliphatic carbocycles. The van der Waals surface area contributed by atoms with Crippen molar-refractivity contribution in [2.75, 3.05) is 7.11 Å². The third-order valence-corrected chi connectivity index (χ3v) is 1.32. The van der Waals surface area contributed by atoms with Gasteiger partial charge in [-0.3, -0.25) is 0 Å². The summed E-state index contributed by atoms with van der Waals surface area (Å²) in [5.74, 6) is -0.366. The van der Waals surface area contributed by atoms with Crippen molar-refractivity contribution < 1.29 is 9.13 Å². The first-order valence-corrected chi connectivity index (χ1v) is 3.35. The Morgan fingerprint density at radius 2 is 2.09 bits per heavy atom. The molecule has 2 heteroatoms. The van der Waals surface area contributed by atoms with E-state index in [0.29, 0.717) is 0 Å². The Bertz CT molecular complexity index is 202. The molecule has 0 aliphatic heterocycles. The Kier molecular flexibility index (Phi) is 4.27. The number of ether oxygens (including phenoxy) is 1. The van der Waals surface area contributed by atoms with Gasteiger partial charge in [0.1, 0.15) is 5.76 Å². The first-order chi connectivity index (χ1) is 5.11. The zero-order valence-electron chi connectivity index (χ0n) is 7.15. The van der Waals surface area contributed by atoms with E-state index in [1.165, 1.54) is 13.2 Å². The Balaban J connectivity index is 4.34. The van der Waals surface area contributed by atoms with Crippen LogP contribution in [0, 0.1) is 0 Å². The van der Waals surface area contributed by atoms with Crippen LogP contribution in [0.15, 0.2) is 35.9 Å². The second kappa shape index (κ2) is 4.72. The van der Waals surface area contributed by atoms with Crippen molar-refractivity contribution in [1.82, 2.24) is 0 Å². The van der Waals surface area contributed by atoms with Crippen molar-refractivity contribution in [2.45, 2.75) is 13.8 Å². The summed E-state index contributed by atoms with van der Waals surface area (Å²) in [5, 5.41) is 0. The second-order valence-electron chi connectivity index (χ2n) is 2.15. The van der Waals surface area contributed by atoms with E-state index in [2.05, 4.69) is 11.3 Å². The lowest BCUT2D eigenvalue weighted by atomic mass is 10.2. The predicted molar refractivity (Wildman–Crippen MR) is 44.8 cm³/mol. The average Bonchev–Trinajstić information content (AvgIpc) is 2.02. The van der Waals surface area contributed by atoms with Gasteiger partial charge in [-0.1, -0.05) is 18.2 Å². The lowest BCUT2D eigenvalue weighted by Gasteiger charge is -1.99. The number of methoxy groups -OCH3 is 1. The van der Waals surface area contributed by atoms with Gasteiger partial charge >= 0.3 is 0 Å². The van der Waals surface area contributed by atoms with Gasteiger partial charge < -0.3 is 4.74 Å². The molecule has 0 spiro atoms. The Hall–Kier alpha value is -1.05. The second-order valence-corrected chi connectivity index (χ2v) is 2.15. The van der Waals surface area contributed by atoms with Gasteiger partial charge in [0, 0.05) is 0 Å². The van der Waals surface area contributed by atoms with Gasteiger partial charge in [-0.15, -0.1) is 0 Å². The molecule has 0 unspecified atom stereocenters. The maximum atomic E-state index is 12.8. The third kappa shape index (κ3) is 3.61. The monoisotopic (exact) mass is 156 g/mol. The molecule has 0 aromatic heterocycles. The first-order valence-electron chi connectivity index (χ1n) is 3.35. The van der Waals surface area contributed by atoms with Crippen molar-refractivity contribution >= 4 is 0 Å². The van der Waals surface area contributed by atoms with Gasteiger partial charge in [0.2, 0.25) is 0 Å². The lowest BCUT2D eigenvalue weighted by molar-refractivity contribution is 0.285. The van der Waals surface area contributed by atoms with Crippen LogP contribution in [-0.2, 0) is 4.74 Å². The molecule has 0 heterocycles. The van der Waals surface area contributed by atoms with Gasteiger partial charge in [-0.05, 0) is 19.9 Å². The first kappa shape index (κ1) is 9.95. The zero-order chi connectivity index (χ0) is 8.85. The molecule has 1 nitrogen and oxygen atoms in total. The Morgan fingerprint density at radius 1 is 1.55 bits per heavy atom. The van der Waals surface area contributed by atoms with Crippen LogP contribution in [0.3, 0.4) is 0 Å². The molecular weight excluding hydrogens is 143 g/mol. The molecule has 0 radical (unpaired) electrons. The molecule has 0 atom stereocenters. The van der Waals surface area contributed by atoms with E-state index < -0.39 is 5.83 Å². The molecule has 11 heavy (non-hydrogen) atoms. The van der Waals surface area contributed by atoms with Crippen LogP contribution >= 0.6 is 0 Å². The van der Waals surface area contributed by atoms with Crippen LogP contribution in [0.4, 0.5) is 4.39 Å². The molecule has 0 aromatic carbocycles. The van der Waals surface area contributed by atoms with Crippen molar-refractivity contribution in [2.24, 2.45) is 0 Å². The fraction of sp³-hybridized carbons (Fsp3) is 0.333. The molecular formula is C9H13FO. The normalized spacial score (nSPS) is 13.1. The summed E-state index contributed by atoms with van der Waals surface area (Å²) in [6.07, 6.45) is 3.19. The summed E-state index contributed by atoms with van der Waals surface area (Å²) < 4.78 is 17.4. The zero-order valence-corrected chi connectivity index (χ0v) is 7.15. The van der Waals surface area contributed by atoms with Crippen molar-refractivity contribution in [3.8, 4) is 0 Å². The van der Waals surface area contributed by atoms with E-state index in [1.54, 1.807) is 0 Å². The summed E-state index contributed by atoms with van der Waals surface area (Å²) in [6, 6.07) is 0. The maximum Gasteiger partial charge on any atom is 0.164 e. The van der Waals surface area contributed by atoms with E-state index in [1.807, 2.05) is 19.9 Å². The fourth-order valence-corrected chi connectivity index (χ4v) is 0.461. The molecule has 0 saturated heterocycles. The van der Waals surface area contributed by atoms with Crippen LogP contribution < -0.4 is 0 Å². The Morgan fingerprint density at radius 3 is 2.45 bits per heavy atom. The molecule has 0 fully saturated rings. The van der Waals surface area contributed by atoms with Crippen LogP contribution in [0.25, 0.3) is 0 Å². The maximum absolute atomic E-state index is 12.8. The van der Waals surface area contributed by atoms with Gasteiger partial charge in [0.05, 0.1) is 7.11 Å². The highest BCUT2D eigenvalue weighted by Crippen LogP contribution is 2.12. The van der Waals surface area contributed by atoms with Crippen LogP contribution in [-0.4, -0.2) is 7.11 Å². The van der Waals surface area contributed by atoms with Crippen LogP contribution in [0.2, 0.25) is 0 Å². The number of rotatable bonds is 3. The van der Waals surface area contributed by atoms with Gasteiger partial charge in [-0.25, -0.2) is 4.39 Å². The topological polar surface area (TPSA) is 9.23 Å². The molecule has 0 aromatic rings. The number of allylic oxidation sites excluding steroid dienone is 4. The van der Waals surface area contributed by atoms with Gasteiger partial charge in [-0.2, -0.15) is 0 Å². The highest BCUT2D eigenvalue weighted by atomic mass is 19.1. The minimum absolute atomic E-state index is 0.0613. The van der Waals surface area contributed by atoms with E-state index in [9.17, 15) is 4.39 Å². The average molecular weight is 156 g/mol. The van der Waals surface area contributed by atoms with Gasteiger partial charge in [0.15, 0.2) is 5.83 Å². The number of hydrogen-bond donors (Lipinski definition) is 0. The third-order valence-electron chi connectivity index (χ3n) is 1.32. The molecule has 0 saturated carbocycles. The quantitative estimate of drug-likeness (QED) is 0.451. The molecule has 0 rings (SSSR count). The van der Waals surface area contributed by atoms with E-state index in [4.69, 9.17) is 0 Å². The molecule has 0 aliphatic rings. The molecule has 0 amide bonds. The minimum atomic E-state index is -0.428. The highest BCUT2D eigenvalue weighted by Gasteiger charge is 1.98. The van der Waals surface area contributed by atoms with Gasteiger partial charge in [0.25, 0.3) is 0 Å². The number of halogens is 1. The van der Waals surface area contributed by atoms with Crippen LogP contribution in [0.1, 0.15) is 13.8 Å². The van der Waals surface area contributed by atoms with E-state index >= 15 is 0 Å². The molecule has 0 bridgehead atoms. The van der Waals surface area contributed by atoms with Crippen molar-refractivity contribution in [3.63, 3.8) is 0 Å². The largest absolute Gasteiger partial charge is 0.494 e. The molecule has 62 valence electrons. The smallest absolute Gasteiger partial charge is 0.164 e. The lowest BCUT2D eigenvalue weighted by Crippen LogP contribution is -1.84. The summed E-state index contributed by atoms with van der Waals surface area (Å²) >= 11 is 0. The van der Waals surface area contributed by atoms with Crippen molar-refractivity contribution in [3.05, 3.63) is 35.9 Å². The standard InChI is InChI=1S/C9H13FO/c1-5-7(2)6-9(10)8(3)11-4/h5-6H,3H2,1-2,4H3/b7-5-,9-6+. The summed E-state index contributed by atoms with van der Waals surface area (Å²) in [4.78, 5) is 0. The SMILES string of the molecule is C=C(OC)/C(F)=C\C(C)=C/C. The summed E-state index contributed by atoms with van der Waals surface area (Å²) in [6.45, 7) is 7.02. The molecule has 0 N–H and O–H groups in total.